The van der Waals surface area contributed by atoms with Crippen LogP contribution >= 0.6 is 22.7 Å². The number of hydrogen-bond donors (Lipinski definition) is 1. The number of thiazole rings is 1. The lowest BCUT2D eigenvalue weighted by Crippen LogP contribution is -2.13. The van der Waals surface area contributed by atoms with Crippen molar-refractivity contribution in [2.24, 2.45) is 0 Å². The fourth-order valence-corrected chi connectivity index (χ4v) is 3.92. The van der Waals surface area contributed by atoms with Crippen molar-refractivity contribution in [3.63, 3.8) is 0 Å². The van der Waals surface area contributed by atoms with Crippen molar-refractivity contribution < 1.29 is 0 Å². The van der Waals surface area contributed by atoms with Crippen molar-refractivity contribution in [3.05, 3.63) is 40.7 Å². The summed E-state index contributed by atoms with van der Waals surface area (Å²) < 4.78 is 1.33. The van der Waals surface area contributed by atoms with Crippen molar-refractivity contribution in [1.29, 1.82) is 0 Å². The van der Waals surface area contributed by atoms with Crippen LogP contribution in [0.5, 0.6) is 0 Å². The van der Waals surface area contributed by atoms with Crippen molar-refractivity contribution >= 4 is 32.8 Å². The molecule has 0 aliphatic carbocycles. The quantitative estimate of drug-likeness (QED) is 0.698. The highest BCUT2D eigenvalue weighted by molar-refractivity contribution is 7.18. The normalized spacial score (nSPS) is 11.2. The van der Waals surface area contributed by atoms with Gasteiger partial charge in [-0.25, -0.2) is 4.98 Å². The Hall–Kier alpha value is -1.23. The molecule has 19 heavy (non-hydrogen) atoms. The molecular weight excluding hydrogens is 272 g/mol. The molecule has 0 aliphatic rings. The second-order valence-electron chi connectivity index (χ2n) is 4.47. The van der Waals surface area contributed by atoms with Crippen LogP contribution in [-0.4, -0.2) is 11.5 Å². The van der Waals surface area contributed by atoms with Gasteiger partial charge in [-0.2, -0.15) is 0 Å². The first-order chi connectivity index (χ1) is 9.38. The Balaban J connectivity index is 1.86. The molecule has 3 aromatic rings. The molecule has 0 spiro atoms. The minimum Gasteiger partial charge on any atom is -0.311 e. The number of benzene rings is 1. The Labute approximate surface area is 121 Å². The highest BCUT2D eigenvalue weighted by atomic mass is 32.1. The van der Waals surface area contributed by atoms with E-state index in [2.05, 4.69) is 47.3 Å². The van der Waals surface area contributed by atoms with E-state index in [4.69, 9.17) is 4.98 Å². The van der Waals surface area contributed by atoms with Crippen LogP contribution in [0.2, 0.25) is 0 Å². The zero-order chi connectivity index (χ0) is 13.1. The second kappa shape index (κ2) is 5.82. The molecule has 98 valence electrons. The fraction of sp³-hybridized carbons (Fsp3) is 0.267. The van der Waals surface area contributed by atoms with E-state index in [0.29, 0.717) is 0 Å². The first-order valence-corrected chi connectivity index (χ1v) is 8.26. The van der Waals surface area contributed by atoms with Crippen LogP contribution in [0.1, 0.15) is 19.0 Å². The van der Waals surface area contributed by atoms with Crippen molar-refractivity contribution in [2.75, 3.05) is 6.54 Å². The molecule has 3 rings (SSSR count). The van der Waals surface area contributed by atoms with Gasteiger partial charge in [-0.05, 0) is 19.0 Å². The number of nitrogens with one attached hydrogen (secondary N) is 1. The maximum absolute atomic E-state index is 4.74. The third-order valence-electron chi connectivity index (χ3n) is 3.00. The van der Waals surface area contributed by atoms with Gasteiger partial charge in [-0.15, -0.1) is 22.7 Å². The van der Waals surface area contributed by atoms with Gasteiger partial charge in [0.15, 0.2) is 0 Å². The highest BCUT2D eigenvalue weighted by Gasteiger charge is 2.09. The lowest BCUT2D eigenvalue weighted by Gasteiger charge is -1.98. The van der Waals surface area contributed by atoms with Crippen LogP contribution in [0.15, 0.2) is 35.0 Å². The van der Waals surface area contributed by atoms with Gasteiger partial charge >= 0.3 is 0 Å². The van der Waals surface area contributed by atoms with Crippen LogP contribution in [-0.2, 0) is 6.54 Å². The molecule has 0 atom stereocenters. The molecule has 2 heterocycles. The van der Waals surface area contributed by atoms with Crippen molar-refractivity contribution in [3.8, 4) is 10.6 Å². The second-order valence-corrected chi connectivity index (χ2v) is 6.24. The Morgan fingerprint density at radius 2 is 2.05 bits per heavy atom. The summed E-state index contributed by atoms with van der Waals surface area (Å²) >= 11 is 3.53. The summed E-state index contributed by atoms with van der Waals surface area (Å²) in [6, 6.07) is 8.53. The summed E-state index contributed by atoms with van der Waals surface area (Å²) in [7, 11) is 0. The first kappa shape index (κ1) is 12.8. The standard InChI is InChI=1S/C15H16N2S2/c1-2-7-16-8-11-9-19-15(17-11)13-10-18-14-6-4-3-5-12(13)14/h3-6,9-10,16H,2,7-8H2,1H3. The average Bonchev–Trinajstić information content (AvgIpc) is 3.05. The summed E-state index contributed by atoms with van der Waals surface area (Å²) in [6.07, 6.45) is 1.16. The summed E-state index contributed by atoms with van der Waals surface area (Å²) in [5.74, 6) is 0. The molecule has 4 heteroatoms. The predicted molar refractivity (Wildman–Crippen MR) is 84.9 cm³/mol. The fourth-order valence-electron chi connectivity index (χ4n) is 2.05. The third kappa shape index (κ3) is 2.71. The van der Waals surface area contributed by atoms with Gasteiger partial charge in [-0.1, -0.05) is 25.1 Å². The number of rotatable bonds is 5. The molecule has 0 bridgehead atoms. The lowest BCUT2D eigenvalue weighted by atomic mass is 10.2. The molecule has 0 fully saturated rings. The third-order valence-corrected chi connectivity index (χ3v) is 4.88. The minimum atomic E-state index is 0.867. The molecule has 2 nitrogen and oxygen atoms in total. The van der Waals surface area contributed by atoms with E-state index in [1.807, 2.05) is 0 Å². The van der Waals surface area contributed by atoms with Crippen molar-refractivity contribution in [1.82, 2.24) is 10.3 Å². The molecule has 1 aromatic carbocycles. The van der Waals surface area contributed by atoms with Gasteiger partial charge in [0.2, 0.25) is 0 Å². The highest BCUT2D eigenvalue weighted by Crippen LogP contribution is 2.35. The van der Waals surface area contributed by atoms with Crippen LogP contribution in [0, 0.1) is 0 Å². The van der Waals surface area contributed by atoms with E-state index in [1.54, 1.807) is 22.7 Å². The Morgan fingerprint density at radius 1 is 1.16 bits per heavy atom. The van der Waals surface area contributed by atoms with Crippen LogP contribution in [0.3, 0.4) is 0 Å². The maximum Gasteiger partial charge on any atom is 0.125 e. The largest absolute Gasteiger partial charge is 0.311 e. The molecule has 0 saturated carbocycles. The average molecular weight is 288 g/mol. The molecule has 0 radical (unpaired) electrons. The SMILES string of the molecule is CCCNCc1csc(-c2csc3ccccc23)n1. The smallest absolute Gasteiger partial charge is 0.125 e. The monoisotopic (exact) mass is 288 g/mol. The van der Waals surface area contributed by atoms with Gasteiger partial charge in [0.25, 0.3) is 0 Å². The Kier molecular flexibility index (Phi) is 3.92. The number of aromatic nitrogens is 1. The zero-order valence-electron chi connectivity index (χ0n) is 10.8. The van der Waals surface area contributed by atoms with E-state index < -0.39 is 0 Å². The van der Waals surface area contributed by atoms with E-state index in [-0.39, 0.29) is 0 Å². The molecule has 1 N–H and O–H groups in total. The van der Waals surface area contributed by atoms with Gasteiger partial charge in [0, 0.05) is 33.0 Å². The topological polar surface area (TPSA) is 24.9 Å². The van der Waals surface area contributed by atoms with Crippen molar-refractivity contribution in [2.45, 2.75) is 19.9 Å². The summed E-state index contributed by atoms with van der Waals surface area (Å²) in [5, 5.41) is 10.2. The molecule has 0 aliphatic heterocycles. The van der Waals surface area contributed by atoms with Crippen LogP contribution in [0.4, 0.5) is 0 Å². The lowest BCUT2D eigenvalue weighted by molar-refractivity contribution is 0.667. The van der Waals surface area contributed by atoms with E-state index >= 15 is 0 Å². The zero-order valence-corrected chi connectivity index (χ0v) is 12.5. The van der Waals surface area contributed by atoms with E-state index in [1.165, 1.54) is 15.6 Å². The summed E-state index contributed by atoms with van der Waals surface area (Å²) in [6.45, 7) is 4.09. The first-order valence-electron chi connectivity index (χ1n) is 6.50. The number of hydrogen-bond acceptors (Lipinski definition) is 4. The summed E-state index contributed by atoms with van der Waals surface area (Å²) in [4.78, 5) is 4.74. The molecule has 2 aromatic heterocycles. The van der Waals surface area contributed by atoms with E-state index in [9.17, 15) is 0 Å². The molecule has 0 saturated heterocycles. The Bertz CT molecular complexity index is 669. The van der Waals surface area contributed by atoms with E-state index in [0.717, 1.165) is 30.2 Å². The van der Waals surface area contributed by atoms with Crippen LogP contribution < -0.4 is 5.32 Å². The predicted octanol–water partition coefficient (Wildman–Crippen LogP) is 4.52. The molecule has 0 amide bonds. The Morgan fingerprint density at radius 3 is 2.95 bits per heavy atom. The maximum atomic E-state index is 4.74. The van der Waals surface area contributed by atoms with Gasteiger partial charge in [-0.3, -0.25) is 0 Å². The molecular formula is C15H16N2S2. The number of thiophene rings is 1. The number of fused-ring (bicyclic) bond motifs is 1. The van der Waals surface area contributed by atoms with Gasteiger partial charge in [0.05, 0.1) is 5.69 Å². The van der Waals surface area contributed by atoms with Gasteiger partial charge < -0.3 is 5.32 Å². The van der Waals surface area contributed by atoms with Gasteiger partial charge in [0.1, 0.15) is 5.01 Å². The summed E-state index contributed by atoms with van der Waals surface area (Å²) in [5.41, 5.74) is 2.41. The number of nitrogens with zero attached hydrogens (tertiary/aromatic N) is 1. The minimum absolute atomic E-state index is 0.867. The molecule has 0 unspecified atom stereocenters. The van der Waals surface area contributed by atoms with Crippen LogP contribution in [0.25, 0.3) is 20.7 Å².